The van der Waals surface area contributed by atoms with Gasteiger partial charge in [0.15, 0.2) is 11.6 Å². The first-order valence-corrected chi connectivity index (χ1v) is 16.0. The maximum atomic E-state index is 12.6. The van der Waals surface area contributed by atoms with Crippen molar-refractivity contribution >= 4 is 51.3 Å². The molecular weight excluding hydrogens is 654 g/mol. The number of nitrogens with one attached hydrogen (secondary N) is 2. The molecule has 5 rings (SSSR count). The van der Waals surface area contributed by atoms with E-state index in [9.17, 15) is 22.8 Å². The number of benzene rings is 1. The zero-order valence-electron chi connectivity index (χ0n) is 24.8. The summed E-state index contributed by atoms with van der Waals surface area (Å²) in [4.78, 5) is 31.7. The highest BCUT2D eigenvalue weighted by Crippen LogP contribution is 2.33. The minimum atomic E-state index is -4.71. The minimum Gasteiger partial charge on any atom is -0.354 e. The number of nitrogens with zero attached hydrogens (tertiary/aromatic N) is 6. The Kier molecular flexibility index (Phi) is 11.2. The molecule has 1 aliphatic heterocycles. The van der Waals surface area contributed by atoms with Crippen LogP contribution in [0, 0.1) is 0 Å². The van der Waals surface area contributed by atoms with Crippen molar-refractivity contribution in [2.45, 2.75) is 31.5 Å². The molecule has 244 valence electrons. The molecule has 2 N–H and O–H groups in total. The lowest BCUT2D eigenvalue weighted by Gasteiger charge is -2.16. The molecule has 0 spiro atoms. The van der Waals surface area contributed by atoms with Crippen LogP contribution in [0.2, 0.25) is 0 Å². The van der Waals surface area contributed by atoms with Crippen molar-refractivity contribution < 1.29 is 27.5 Å². The third-order valence-electron chi connectivity index (χ3n) is 6.80. The summed E-state index contributed by atoms with van der Waals surface area (Å²) in [6, 6.07) is 13.2. The van der Waals surface area contributed by atoms with Gasteiger partial charge in [-0.15, -0.1) is 44.9 Å². The van der Waals surface area contributed by atoms with Crippen molar-refractivity contribution in [3.05, 3.63) is 95.0 Å². The molecule has 1 fully saturated rings. The molecule has 11 nitrogen and oxygen atoms in total. The lowest BCUT2D eigenvalue weighted by atomic mass is 10.1. The van der Waals surface area contributed by atoms with Crippen molar-refractivity contribution in [2.75, 3.05) is 35.2 Å². The molecule has 1 saturated heterocycles. The molecule has 1 unspecified atom stereocenters. The standard InChI is InChI=1S/C31H29F3N8O3S2/c1-2-20(8-6-7-15-45-31(32,33)34)16-26(43)36-24-11-12-25(39-38-24)42-14-13-22(18-42)29-40-41-30(47-29)37-27(44)17-23-19-46-28(35-23)21-9-4-3-5-10-21/h2-12,19,22H,1,13-18H2,(H,36,38,43)(H,37,41,44)/b7-6-,20-8+. The number of carbonyl (C=O) groups is 2. The fraction of sp³-hybridized carbons (Fsp3) is 0.258. The highest BCUT2D eigenvalue weighted by Gasteiger charge is 2.29. The van der Waals surface area contributed by atoms with Crippen LogP contribution >= 0.6 is 22.7 Å². The number of rotatable bonds is 13. The minimum absolute atomic E-state index is 0.0600. The first kappa shape index (κ1) is 33.6. The summed E-state index contributed by atoms with van der Waals surface area (Å²) in [5, 5.41) is 26.3. The molecule has 4 aromatic rings. The van der Waals surface area contributed by atoms with Crippen LogP contribution in [0.15, 0.2) is 84.3 Å². The smallest absolute Gasteiger partial charge is 0.354 e. The molecule has 0 saturated carbocycles. The van der Waals surface area contributed by atoms with Gasteiger partial charge in [-0.25, -0.2) is 4.98 Å². The summed E-state index contributed by atoms with van der Waals surface area (Å²) in [5.41, 5.74) is 2.20. The molecule has 0 bridgehead atoms. The summed E-state index contributed by atoms with van der Waals surface area (Å²) in [5.74, 6) is 0.397. The number of amides is 2. The van der Waals surface area contributed by atoms with Gasteiger partial charge in [0.05, 0.1) is 25.1 Å². The summed E-state index contributed by atoms with van der Waals surface area (Å²) in [7, 11) is 0. The Morgan fingerprint density at radius 2 is 1.89 bits per heavy atom. The number of alkyl halides is 3. The van der Waals surface area contributed by atoms with Crippen LogP contribution in [0.3, 0.4) is 0 Å². The predicted octanol–water partition coefficient (Wildman–Crippen LogP) is 6.16. The normalized spacial score (nSPS) is 15.3. The third-order valence-corrected chi connectivity index (χ3v) is 8.74. The predicted molar refractivity (Wildman–Crippen MR) is 174 cm³/mol. The summed E-state index contributed by atoms with van der Waals surface area (Å²) < 4.78 is 39.8. The largest absolute Gasteiger partial charge is 0.522 e. The van der Waals surface area contributed by atoms with Gasteiger partial charge in [0.25, 0.3) is 0 Å². The average molecular weight is 683 g/mol. The van der Waals surface area contributed by atoms with Gasteiger partial charge in [0.1, 0.15) is 10.0 Å². The van der Waals surface area contributed by atoms with E-state index in [4.69, 9.17) is 0 Å². The summed E-state index contributed by atoms with van der Waals surface area (Å²) >= 11 is 2.84. The van der Waals surface area contributed by atoms with Crippen molar-refractivity contribution in [1.29, 1.82) is 0 Å². The molecule has 1 aromatic carbocycles. The highest BCUT2D eigenvalue weighted by atomic mass is 32.1. The number of carbonyl (C=O) groups excluding carboxylic acids is 2. The van der Waals surface area contributed by atoms with Gasteiger partial charge in [0, 0.05) is 30.0 Å². The number of hydrogen-bond acceptors (Lipinski definition) is 11. The molecule has 4 heterocycles. The number of thiazole rings is 1. The second kappa shape index (κ2) is 15.7. The molecule has 47 heavy (non-hydrogen) atoms. The zero-order chi connectivity index (χ0) is 33.2. The fourth-order valence-electron chi connectivity index (χ4n) is 4.57. The number of anilines is 3. The van der Waals surface area contributed by atoms with Gasteiger partial charge in [0.2, 0.25) is 16.9 Å². The van der Waals surface area contributed by atoms with Crippen LogP contribution in [0.5, 0.6) is 0 Å². The number of allylic oxidation sites excluding steroid dienone is 3. The second-order valence-corrected chi connectivity index (χ2v) is 12.1. The Morgan fingerprint density at radius 3 is 2.64 bits per heavy atom. The third kappa shape index (κ3) is 10.1. The number of ether oxygens (including phenoxy) is 1. The van der Waals surface area contributed by atoms with Gasteiger partial charge >= 0.3 is 6.36 Å². The topological polar surface area (TPSA) is 135 Å². The second-order valence-electron chi connectivity index (χ2n) is 10.2. The summed E-state index contributed by atoms with van der Waals surface area (Å²) in [6.45, 7) is 4.34. The maximum Gasteiger partial charge on any atom is 0.522 e. The fourth-order valence-corrected chi connectivity index (χ4v) is 6.28. The molecule has 2 amide bonds. The monoisotopic (exact) mass is 682 g/mol. The quantitative estimate of drug-likeness (QED) is 0.159. The molecule has 0 aliphatic carbocycles. The number of hydrogen-bond donors (Lipinski definition) is 2. The average Bonchev–Trinajstić information content (AvgIpc) is 3.82. The molecule has 0 radical (unpaired) electrons. The van der Waals surface area contributed by atoms with Gasteiger partial charge in [-0.1, -0.05) is 72.6 Å². The van der Waals surface area contributed by atoms with Crippen molar-refractivity contribution in [1.82, 2.24) is 25.4 Å². The van der Waals surface area contributed by atoms with Crippen LogP contribution in [0.25, 0.3) is 10.6 Å². The van der Waals surface area contributed by atoms with Crippen LogP contribution in [0.1, 0.15) is 29.5 Å². The first-order chi connectivity index (χ1) is 22.6. The van der Waals surface area contributed by atoms with E-state index in [2.05, 4.69) is 52.2 Å². The molecule has 3 aromatic heterocycles. The van der Waals surface area contributed by atoms with E-state index in [1.807, 2.05) is 35.7 Å². The van der Waals surface area contributed by atoms with Crippen molar-refractivity contribution in [2.24, 2.45) is 0 Å². The number of halogens is 3. The van der Waals surface area contributed by atoms with Gasteiger partial charge in [-0.05, 0) is 24.1 Å². The Balaban J connectivity index is 1.07. The van der Waals surface area contributed by atoms with E-state index in [0.717, 1.165) is 28.5 Å². The lowest BCUT2D eigenvalue weighted by molar-refractivity contribution is -0.319. The Morgan fingerprint density at radius 1 is 1.06 bits per heavy atom. The van der Waals surface area contributed by atoms with Gasteiger partial charge < -0.3 is 15.5 Å². The molecule has 1 atom stereocenters. The van der Waals surface area contributed by atoms with Crippen LogP contribution in [0.4, 0.5) is 29.9 Å². The maximum absolute atomic E-state index is 12.6. The summed E-state index contributed by atoms with van der Waals surface area (Å²) in [6.07, 6.45) is 1.64. The zero-order valence-corrected chi connectivity index (χ0v) is 26.4. The van der Waals surface area contributed by atoms with E-state index in [1.54, 1.807) is 12.1 Å². The van der Waals surface area contributed by atoms with Crippen LogP contribution < -0.4 is 15.5 Å². The van der Waals surface area contributed by atoms with Crippen molar-refractivity contribution in [3.8, 4) is 10.6 Å². The van der Waals surface area contributed by atoms with Crippen molar-refractivity contribution in [3.63, 3.8) is 0 Å². The van der Waals surface area contributed by atoms with E-state index in [1.165, 1.54) is 47.0 Å². The van der Waals surface area contributed by atoms with Crippen LogP contribution in [-0.2, 0) is 20.7 Å². The van der Waals surface area contributed by atoms with E-state index < -0.39 is 13.0 Å². The van der Waals surface area contributed by atoms with Gasteiger partial charge in [-0.2, -0.15) is 0 Å². The SMILES string of the molecule is C=C/C(=C\C=C/COC(F)(F)F)CC(=O)Nc1ccc(N2CCC(c3nnc(NC(=O)Cc4csc(-c5ccccc5)n4)s3)C2)nn1. The van der Waals surface area contributed by atoms with E-state index in [0.29, 0.717) is 28.8 Å². The molecular formula is C31H29F3N8O3S2. The van der Waals surface area contributed by atoms with Gasteiger partial charge in [-0.3, -0.25) is 14.3 Å². The first-order valence-electron chi connectivity index (χ1n) is 14.4. The molecule has 1 aliphatic rings. The number of aromatic nitrogens is 5. The highest BCUT2D eigenvalue weighted by molar-refractivity contribution is 7.15. The Labute approximate surface area is 275 Å². The Bertz CT molecular complexity index is 1740. The Hall–Kier alpha value is -4.80. The lowest BCUT2D eigenvalue weighted by Crippen LogP contribution is -2.21. The van der Waals surface area contributed by atoms with E-state index >= 15 is 0 Å². The van der Waals surface area contributed by atoms with Crippen LogP contribution in [-0.4, -0.2) is 63.3 Å². The van der Waals surface area contributed by atoms with E-state index in [-0.39, 0.29) is 36.4 Å². The molecule has 16 heteroatoms.